The quantitative estimate of drug-likeness (QED) is 0.920. The summed E-state index contributed by atoms with van der Waals surface area (Å²) in [7, 11) is 0. The van der Waals surface area contributed by atoms with Crippen molar-refractivity contribution in [1.29, 1.82) is 0 Å². The summed E-state index contributed by atoms with van der Waals surface area (Å²) >= 11 is 1.21. The van der Waals surface area contributed by atoms with Crippen LogP contribution in [0.5, 0.6) is 0 Å². The average molecular weight is 265 g/mol. The Balaban J connectivity index is 2.72. The van der Waals surface area contributed by atoms with Gasteiger partial charge in [0, 0.05) is 13.1 Å². The maximum atomic E-state index is 11.2. The minimum Gasteiger partial charge on any atom is -0.477 e. The predicted molar refractivity (Wildman–Crippen MR) is 72.7 cm³/mol. The molecule has 96 valence electrons. The lowest BCUT2D eigenvalue weighted by atomic mass is 10.2. The van der Waals surface area contributed by atoms with Gasteiger partial charge < -0.3 is 10.0 Å². The molecule has 0 bridgehead atoms. The molecule has 2 aromatic rings. The van der Waals surface area contributed by atoms with E-state index in [1.165, 1.54) is 17.7 Å². The summed E-state index contributed by atoms with van der Waals surface area (Å²) in [6.45, 7) is 7.59. The van der Waals surface area contributed by atoms with Crippen LogP contribution in [-0.2, 0) is 0 Å². The zero-order valence-electron chi connectivity index (χ0n) is 10.6. The number of carbonyl (C=O) groups is 1. The largest absolute Gasteiger partial charge is 0.477 e. The normalized spacial score (nSPS) is 10.8. The Bertz CT molecular complexity index is 590. The van der Waals surface area contributed by atoms with Gasteiger partial charge in [-0.2, -0.15) is 0 Å². The molecule has 0 atom stereocenters. The molecule has 0 radical (unpaired) electrons. The van der Waals surface area contributed by atoms with Crippen LogP contribution >= 0.6 is 11.3 Å². The predicted octanol–water partition coefficient (Wildman–Crippen LogP) is 2.54. The first-order chi connectivity index (χ1) is 8.60. The fraction of sp³-hybridized carbons (Fsp3) is 0.417. The van der Waals surface area contributed by atoms with Crippen LogP contribution in [0, 0.1) is 6.92 Å². The second-order valence-corrected chi connectivity index (χ2v) is 4.91. The summed E-state index contributed by atoms with van der Waals surface area (Å²) in [4.78, 5) is 22.8. The standard InChI is InChI=1S/C12H15N3O2S/c1-4-15(5-2)10-8-7(3)9(12(16)17)18-11(8)14-6-13-10/h6H,4-5H2,1-3H3,(H,16,17). The van der Waals surface area contributed by atoms with E-state index in [1.807, 2.05) is 6.92 Å². The van der Waals surface area contributed by atoms with E-state index in [4.69, 9.17) is 5.11 Å². The summed E-state index contributed by atoms with van der Waals surface area (Å²) in [6, 6.07) is 0. The average Bonchev–Trinajstić information content (AvgIpc) is 2.69. The van der Waals surface area contributed by atoms with Crippen LogP contribution < -0.4 is 4.90 Å². The van der Waals surface area contributed by atoms with Gasteiger partial charge in [-0.3, -0.25) is 0 Å². The van der Waals surface area contributed by atoms with Crippen molar-refractivity contribution in [3.05, 3.63) is 16.8 Å². The smallest absolute Gasteiger partial charge is 0.346 e. The van der Waals surface area contributed by atoms with Crippen LogP contribution in [-0.4, -0.2) is 34.1 Å². The number of aromatic nitrogens is 2. The van der Waals surface area contributed by atoms with Gasteiger partial charge in [0.15, 0.2) is 0 Å². The van der Waals surface area contributed by atoms with Crippen LogP contribution in [0.1, 0.15) is 29.1 Å². The molecule has 0 aromatic carbocycles. The summed E-state index contributed by atoms with van der Waals surface area (Å²) in [5.74, 6) is -0.0766. The number of aromatic carboxylic acids is 1. The molecule has 0 aliphatic heterocycles. The first-order valence-corrected chi connectivity index (χ1v) is 6.64. The van der Waals surface area contributed by atoms with Crippen LogP contribution in [0.3, 0.4) is 0 Å². The van der Waals surface area contributed by atoms with Crippen molar-refractivity contribution in [2.75, 3.05) is 18.0 Å². The molecule has 2 rings (SSSR count). The molecule has 2 aromatic heterocycles. The van der Waals surface area contributed by atoms with Gasteiger partial charge in [0.25, 0.3) is 0 Å². The highest BCUT2D eigenvalue weighted by molar-refractivity contribution is 7.20. The Labute approximate surface area is 109 Å². The Morgan fingerprint density at radius 2 is 2.06 bits per heavy atom. The lowest BCUT2D eigenvalue weighted by Crippen LogP contribution is -2.23. The second kappa shape index (κ2) is 4.89. The minimum absolute atomic E-state index is 0.346. The van der Waals surface area contributed by atoms with Crippen molar-refractivity contribution >= 4 is 33.3 Å². The third kappa shape index (κ3) is 1.92. The van der Waals surface area contributed by atoms with Crippen molar-refractivity contribution in [2.45, 2.75) is 20.8 Å². The molecule has 1 N–H and O–H groups in total. The zero-order valence-corrected chi connectivity index (χ0v) is 11.4. The number of nitrogens with zero attached hydrogens (tertiary/aromatic N) is 3. The van der Waals surface area contributed by atoms with Gasteiger partial charge in [0.2, 0.25) is 0 Å². The number of fused-ring (bicyclic) bond motifs is 1. The van der Waals surface area contributed by atoms with E-state index in [0.29, 0.717) is 4.88 Å². The maximum absolute atomic E-state index is 11.2. The van der Waals surface area contributed by atoms with Gasteiger partial charge in [-0.15, -0.1) is 11.3 Å². The van der Waals surface area contributed by atoms with Gasteiger partial charge in [-0.05, 0) is 26.3 Å². The number of hydrogen-bond acceptors (Lipinski definition) is 5. The van der Waals surface area contributed by atoms with Crippen molar-refractivity contribution in [2.24, 2.45) is 0 Å². The van der Waals surface area contributed by atoms with Gasteiger partial charge in [-0.25, -0.2) is 14.8 Å². The molecule has 5 nitrogen and oxygen atoms in total. The molecule has 18 heavy (non-hydrogen) atoms. The van der Waals surface area contributed by atoms with E-state index in [-0.39, 0.29) is 0 Å². The summed E-state index contributed by atoms with van der Waals surface area (Å²) < 4.78 is 0. The third-order valence-corrected chi connectivity index (χ3v) is 4.15. The fourth-order valence-corrected chi connectivity index (χ4v) is 3.00. The lowest BCUT2D eigenvalue weighted by molar-refractivity contribution is 0.0701. The fourth-order valence-electron chi connectivity index (χ4n) is 2.02. The molecule has 0 aliphatic carbocycles. The first-order valence-electron chi connectivity index (χ1n) is 5.82. The van der Waals surface area contributed by atoms with E-state index in [0.717, 1.165) is 34.7 Å². The molecular weight excluding hydrogens is 250 g/mol. The van der Waals surface area contributed by atoms with E-state index >= 15 is 0 Å². The number of aryl methyl sites for hydroxylation is 1. The van der Waals surface area contributed by atoms with Crippen molar-refractivity contribution in [3.63, 3.8) is 0 Å². The van der Waals surface area contributed by atoms with E-state index in [2.05, 4.69) is 28.7 Å². The first kappa shape index (κ1) is 12.8. The summed E-state index contributed by atoms with van der Waals surface area (Å²) in [6.07, 6.45) is 1.50. The second-order valence-electron chi connectivity index (χ2n) is 3.91. The Morgan fingerprint density at radius 1 is 1.39 bits per heavy atom. The van der Waals surface area contributed by atoms with Crippen molar-refractivity contribution in [3.8, 4) is 0 Å². The SMILES string of the molecule is CCN(CC)c1ncnc2sc(C(=O)O)c(C)c12. The van der Waals surface area contributed by atoms with Crippen LogP contribution in [0.25, 0.3) is 10.2 Å². The lowest BCUT2D eigenvalue weighted by Gasteiger charge is -2.20. The van der Waals surface area contributed by atoms with Gasteiger partial charge >= 0.3 is 5.97 Å². The molecule has 0 saturated carbocycles. The summed E-state index contributed by atoms with van der Waals surface area (Å²) in [5.41, 5.74) is 0.755. The van der Waals surface area contributed by atoms with Gasteiger partial charge in [0.05, 0.1) is 5.39 Å². The van der Waals surface area contributed by atoms with Crippen LogP contribution in [0.15, 0.2) is 6.33 Å². The number of carboxylic acid groups (broad SMARTS) is 1. The molecule has 0 saturated heterocycles. The number of rotatable bonds is 4. The monoisotopic (exact) mass is 265 g/mol. The van der Waals surface area contributed by atoms with Crippen molar-refractivity contribution in [1.82, 2.24) is 9.97 Å². The van der Waals surface area contributed by atoms with E-state index in [9.17, 15) is 4.79 Å². The highest BCUT2D eigenvalue weighted by atomic mass is 32.1. The molecule has 0 spiro atoms. The molecule has 0 amide bonds. The van der Waals surface area contributed by atoms with Crippen LogP contribution in [0.2, 0.25) is 0 Å². The highest BCUT2D eigenvalue weighted by Gasteiger charge is 2.20. The Kier molecular flexibility index (Phi) is 3.47. The maximum Gasteiger partial charge on any atom is 0.346 e. The molecule has 2 heterocycles. The number of thiophene rings is 1. The summed E-state index contributed by atoms with van der Waals surface area (Å²) in [5, 5.41) is 10.0. The number of hydrogen-bond donors (Lipinski definition) is 1. The zero-order chi connectivity index (χ0) is 13.3. The molecule has 0 unspecified atom stereocenters. The third-order valence-electron chi connectivity index (χ3n) is 2.96. The Morgan fingerprint density at radius 3 is 2.61 bits per heavy atom. The topological polar surface area (TPSA) is 66.3 Å². The van der Waals surface area contributed by atoms with Crippen molar-refractivity contribution < 1.29 is 9.90 Å². The van der Waals surface area contributed by atoms with Gasteiger partial charge in [0.1, 0.15) is 21.9 Å². The minimum atomic E-state index is -0.902. The highest BCUT2D eigenvalue weighted by Crippen LogP contribution is 2.34. The molecule has 0 fully saturated rings. The van der Waals surface area contributed by atoms with E-state index < -0.39 is 5.97 Å². The van der Waals surface area contributed by atoms with E-state index in [1.54, 1.807) is 0 Å². The number of carboxylic acids is 1. The number of anilines is 1. The van der Waals surface area contributed by atoms with Gasteiger partial charge in [-0.1, -0.05) is 0 Å². The Hall–Kier alpha value is -1.69. The molecule has 0 aliphatic rings. The van der Waals surface area contributed by atoms with Crippen LogP contribution in [0.4, 0.5) is 5.82 Å². The molecule has 6 heteroatoms. The molecular formula is C12H15N3O2S.